The van der Waals surface area contributed by atoms with Crippen LogP contribution in [-0.4, -0.2) is 35.8 Å². The van der Waals surface area contributed by atoms with Gasteiger partial charge in [0, 0.05) is 6.54 Å². The number of amides is 4. The third-order valence-electron chi connectivity index (χ3n) is 4.78. The van der Waals surface area contributed by atoms with Crippen LogP contribution >= 0.6 is 0 Å². The lowest BCUT2D eigenvalue weighted by atomic mass is 9.90. The maximum absolute atomic E-state index is 12.8. The largest absolute Gasteiger partial charge is 0.355 e. The molecule has 4 amide bonds. The molecule has 0 saturated carbocycles. The highest BCUT2D eigenvalue weighted by atomic mass is 16.2. The minimum absolute atomic E-state index is 0.261. The topological polar surface area (TPSA) is 78.5 Å². The molecule has 0 spiro atoms. The van der Waals surface area contributed by atoms with E-state index in [1.54, 1.807) is 6.92 Å². The molecular weight excluding hydrogens is 330 g/mol. The van der Waals surface area contributed by atoms with Gasteiger partial charge in [-0.05, 0) is 36.3 Å². The Morgan fingerprint density at radius 3 is 2.31 bits per heavy atom. The van der Waals surface area contributed by atoms with Crippen LogP contribution in [0.3, 0.4) is 0 Å². The standard InChI is InChI=1S/C20H29N3O3/c1-13(2)10-11-21-17(24)12-23-18(25)20(5,22-19(23)26)16-8-6-15(7-9-16)14(3)4/h6-9,13-14H,10-12H2,1-5H3,(H,21,24)(H,22,26)/t20-/m0/s1. The van der Waals surface area contributed by atoms with Crippen LogP contribution in [0.5, 0.6) is 0 Å². The Morgan fingerprint density at radius 2 is 1.77 bits per heavy atom. The van der Waals surface area contributed by atoms with Crippen LogP contribution in [0.15, 0.2) is 24.3 Å². The molecule has 1 atom stereocenters. The molecule has 0 aromatic heterocycles. The Labute approximate surface area is 155 Å². The van der Waals surface area contributed by atoms with E-state index < -0.39 is 17.5 Å². The van der Waals surface area contributed by atoms with Gasteiger partial charge in [0.1, 0.15) is 12.1 Å². The third kappa shape index (κ3) is 4.23. The zero-order chi connectivity index (χ0) is 19.5. The van der Waals surface area contributed by atoms with Crippen LogP contribution in [0.1, 0.15) is 58.1 Å². The van der Waals surface area contributed by atoms with Crippen LogP contribution in [0.4, 0.5) is 4.79 Å². The van der Waals surface area contributed by atoms with E-state index in [4.69, 9.17) is 0 Å². The Kier molecular flexibility index (Phi) is 6.05. The van der Waals surface area contributed by atoms with Crippen molar-refractivity contribution in [1.82, 2.24) is 15.5 Å². The second-order valence-electron chi connectivity index (χ2n) is 7.76. The molecule has 0 bridgehead atoms. The predicted molar refractivity (Wildman–Crippen MR) is 101 cm³/mol. The number of benzene rings is 1. The van der Waals surface area contributed by atoms with E-state index in [9.17, 15) is 14.4 Å². The van der Waals surface area contributed by atoms with Crippen LogP contribution in [0.2, 0.25) is 0 Å². The van der Waals surface area contributed by atoms with Gasteiger partial charge in [-0.25, -0.2) is 4.79 Å². The summed E-state index contributed by atoms with van der Waals surface area (Å²) in [5.74, 6) is 0.133. The number of carbonyl (C=O) groups is 3. The summed E-state index contributed by atoms with van der Waals surface area (Å²) in [7, 11) is 0. The second kappa shape index (κ2) is 7.89. The normalized spacial score (nSPS) is 20.0. The van der Waals surface area contributed by atoms with Crippen molar-refractivity contribution in [2.45, 2.75) is 52.5 Å². The van der Waals surface area contributed by atoms with Crippen molar-refractivity contribution in [3.63, 3.8) is 0 Å². The smallest absolute Gasteiger partial charge is 0.325 e. The summed E-state index contributed by atoms with van der Waals surface area (Å²) < 4.78 is 0. The lowest BCUT2D eigenvalue weighted by Crippen LogP contribution is -2.43. The maximum Gasteiger partial charge on any atom is 0.325 e. The molecule has 1 aromatic carbocycles. The lowest BCUT2D eigenvalue weighted by molar-refractivity contribution is -0.134. The van der Waals surface area contributed by atoms with Crippen molar-refractivity contribution in [2.75, 3.05) is 13.1 Å². The minimum atomic E-state index is -1.15. The van der Waals surface area contributed by atoms with Crippen LogP contribution < -0.4 is 10.6 Å². The molecule has 1 fully saturated rings. The Hall–Kier alpha value is -2.37. The summed E-state index contributed by atoms with van der Waals surface area (Å²) in [6.07, 6.45) is 0.853. The number of imide groups is 1. The predicted octanol–water partition coefficient (Wildman–Crippen LogP) is 2.74. The summed E-state index contributed by atoms with van der Waals surface area (Å²) in [4.78, 5) is 38.2. The first-order valence-electron chi connectivity index (χ1n) is 9.16. The van der Waals surface area contributed by atoms with Gasteiger partial charge in [0.2, 0.25) is 5.91 Å². The van der Waals surface area contributed by atoms with Gasteiger partial charge in [-0.1, -0.05) is 52.0 Å². The average Bonchev–Trinajstić information content (AvgIpc) is 2.79. The van der Waals surface area contributed by atoms with Gasteiger partial charge < -0.3 is 10.6 Å². The average molecular weight is 359 g/mol. The molecule has 0 radical (unpaired) electrons. The number of urea groups is 1. The SMILES string of the molecule is CC(C)CCNC(=O)CN1C(=O)N[C@@](C)(c2ccc(C(C)C)cc2)C1=O. The van der Waals surface area contributed by atoms with E-state index in [1.807, 2.05) is 24.3 Å². The number of hydrogen-bond donors (Lipinski definition) is 2. The molecule has 2 N–H and O–H groups in total. The molecule has 1 aromatic rings. The monoisotopic (exact) mass is 359 g/mol. The van der Waals surface area contributed by atoms with Crippen LogP contribution in [0.25, 0.3) is 0 Å². The van der Waals surface area contributed by atoms with Gasteiger partial charge in [0.25, 0.3) is 5.91 Å². The van der Waals surface area contributed by atoms with Gasteiger partial charge in [-0.15, -0.1) is 0 Å². The van der Waals surface area contributed by atoms with Crippen molar-refractivity contribution >= 4 is 17.8 Å². The fourth-order valence-electron chi connectivity index (χ4n) is 2.94. The zero-order valence-electron chi connectivity index (χ0n) is 16.3. The molecular formula is C20H29N3O3. The van der Waals surface area contributed by atoms with Crippen molar-refractivity contribution < 1.29 is 14.4 Å². The second-order valence-corrected chi connectivity index (χ2v) is 7.76. The molecule has 6 nitrogen and oxygen atoms in total. The summed E-state index contributed by atoms with van der Waals surface area (Å²) >= 11 is 0. The number of hydrogen-bond acceptors (Lipinski definition) is 3. The van der Waals surface area contributed by atoms with Crippen LogP contribution in [-0.2, 0) is 15.1 Å². The summed E-state index contributed by atoms with van der Waals surface area (Å²) in [5.41, 5.74) is 0.726. The van der Waals surface area contributed by atoms with E-state index in [0.29, 0.717) is 23.9 Å². The van der Waals surface area contributed by atoms with Gasteiger partial charge in [-0.3, -0.25) is 14.5 Å². The van der Waals surface area contributed by atoms with Crippen molar-refractivity contribution in [3.8, 4) is 0 Å². The highest BCUT2D eigenvalue weighted by Gasteiger charge is 2.49. The molecule has 0 unspecified atom stereocenters. The van der Waals surface area contributed by atoms with Gasteiger partial charge in [0.05, 0.1) is 0 Å². The Balaban J connectivity index is 2.08. The summed E-state index contributed by atoms with van der Waals surface area (Å²) in [6.45, 7) is 10.3. The number of rotatable bonds is 7. The minimum Gasteiger partial charge on any atom is -0.355 e. The van der Waals surface area contributed by atoms with Gasteiger partial charge in [-0.2, -0.15) is 0 Å². The molecule has 1 heterocycles. The highest BCUT2D eigenvalue weighted by Crippen LogP contribution is 2.29. The fraction of sp³-hybridized carbons (Fsp3) is 0.550. The van der Waals surface area contributed by atoms with Gasteiger partial charge >= 0.3 is 6.03 Å². The number of carbonyl (C=O) groups excluding carboxylic acids is 3. The molecule has 1 saturated heterocycles. The Morgan fingerprint density at radius 1 is 1.15 bits per heavy atom. The molecule has 2 rings (SSSR count). The maximum atomic E-state index is 12.8. The number of nitrogens with one attached hydrogen (secondary N) is 2. The van der Waals surface area contributed by atoms with E-state index in [0.717, 1.165) is 16.9 Å². The third-order valence-corrected chi connectivity index (χ3v) is 4.78. The van der Waals surface area contributed by atoms with Crippen molar-refractivity contribution in [2.24, 2.45) is 5.92 Å². The van der Waals surface area contributed by atoms with E-state index in [-0.39, 0.29) is 12.5 Å². The molecule has 1 aliphatic heterocycles. The number of nitrogens with zero attached hydrogens (tertiary/aromatic N) is 1. The molecule has 1 aliphatic rings. The molecule has 142 valence electrons. The lowest BCUT2D eigenvalue weighted by Gasteiger charge is -2.22. The van der Waals surface area contributed by atoms with Gasteiger partial charge in [0.15, 0.2) is 0 Å². The highest BCUT2D eigenvalue weighted by molar-refractivity contribution is 6.09. The molecule has 26 heavy (non-hydrogen) atoms. The summed E-state index contributed by atoms with van der Waals surface area (Å²) in [5, 5.41) is 5.49. The van der Waals surface area contributed by atoms with E-state index in [1.165, 1.54) is 0 Å². The quantitative estimate of drug-likeness (QED) is 0.735. The van der Waals surface area contributed by atoms with Crippen molar-refractivity contribution in [3.05, 3.63) is 35.4 Å². The zero-order valence-corrected chi connectivity index (χ0v) is 16.3. The molecule has 6 heteroatoms. The summed E-state index contributed by atoms with van der Waals surface area (Å²) in [6, 6.07) is 7.11. The van der Waals surface area contributed by atoms with E-state index in [2.05, 4.69) is 38.3 Å². The van der Waals surface area contributed by atoms with Crippen LogP contribution in [0, 0.1) is 5.92 Å². The Bertz CT molecular complexity index is 682. The molecule has 0 aliphatic carbocycles. The fourth-order valence-corrected chi connectivity index (χ4v) is 2.94. The first-order chi connectivity index (χ1) is 12.1. The van der Waals surface area contributed by atoms with E-state index >= 15 is 0 Å². The van der Waals surface area contributed by atoms with Crippen molar-refractivity contribution in [1.29, 1.82) is 0 Å². The first-order valence-corrected chi connectivity index (χ1v) is 9.16. The first kappa shape index (κ1) is 19.9.